The molecule has 2 fully saturated rings. The number of anilines is 1. The van der Waals surface area contributed by atoms with Crippen LogP contribution in [-0.2, 0) is 21.8 Å². The highest BCUT2D eigenvalue weighted by Crippen LogP contribution is 2.51. The first-order valence-corrected chi connectivity index (χ1v) is 14.5. The molecule has 10 nitrogen and oxygen atoms in total. The van der Waals surface area contributed by atoms with Crippen LogP contribution >= 0.6 is 0 Å². The number of benzene rings is 2. The van der Waals surface area contributed by atoms with E-state index in [1.807, 2.05) is 24.3 Å². The monoisotopic (exact) mass is 535 g/mol. The Morgan fingerprint density at radius 2 is 1.61 bits per heavy atom. The number of carbonyl (C=O) groups excluding carboxylic acids is 2. The molecule has 0 unspecified atom stereocenters. The van der Waals surface area contributed by atoms with Crippen LogP contribution in [0.25, 0.3) is 5.69 Å². The fraction of sp³-hybridized carbons (Fsp3) is 0.370. The number of methoxy groups -OCH3 is 1. The summed E-state index contributed by atoms with van der Waals surface area (Å²) in [6, 6.07) is 15.1. The van der Waals surface area contributed by atoms with E-state index in [2.05, 4.69) is 10.00 Å². The molecular weight excluding hydrogens is 506 g/mol. The molecule has 2 amide bonds. The molecule has 3 heterocycles. The molecular formula is C27H29N5O5S. The van der Waals surface area contributed by atoms with Gasteiger partial charge in [-0.1, -0.05) is 12.1 Å². The Morgan fingerprint density at radius 3 is 2.18 bits per heavy atom. The lowest BCUT2D eigenvalue weighted by Crippen LogP contribution is -2.46. The van der Waals surface area contributed by atoms with Crippen molar-refractivity contribution in [2.24, 2.45) is 5.73 Å². The highest BCUT2D eigenvalue weighted by Gasteiger charge is 2.50. The standard InChI is InChI=1S/C27H29N5O5S/c1-37-21-8-6-20(7-9-21)32-24-22(23(29-32)25(28)33)10-13-31(26(24)34)19-4-2-18(3-5-19)27(11-12-27)30-14-16-38(35,36)17-15-30/h2-9H,10-17H2,1H3,(H2,28,33). The van der Waals surface area contributed by atoms with E-state index < -0.39 is 15.7 Å². The van der Waals surface area contributed by atoms with Gasteiger partial charge in [-0.25, -0.2) is 13.1 Å². The third kappa shape index (κ3) is 4.06. The highest BCUT2D eigenvalue weighted by atomic mass is 32.2. The molecule has 0 spiro atoms. The van der Waals surface area contributed by atoms with Crippen LogP contribution in [0.5, 0.6) is 5.75 Å². The number of hydrogen-bond donors (Lipinski definition) is 1. The Balaban J connectivity index is 1.29. The second-order valence-electron chi connectivity index (χ2n) is 10.1. The number of fused-ring (bicyclic) bond motifs is 1. The molecule has 2 N–H and O–H groups in total. The predicted molar refractivity (Wildman–Crippen MR) is 142 cm³/mol. The maximum absolute atomic E-state index is 13.8. The molecule has 38 heavy (non-hydrogen) atoms. The minimum atomic E-state index is -2.94. The van der Waals surface area contributed by atoms with E-state index in [1.54, 1.807) is 36.3 Å². The summed E-state index contributed by atoms with van der Waals surface area (Å²) >= 11 is 0. The zero-order chi connectivity index (χ0) is 26.7. The Bertz CT molecular complexity index is 1510. The molecule has 1 aliphatic carbocycles. The van der Waals surface area contributed by atoms with Crippen LogP contribution in [0.1, 0.15) is 44.9 Å². The number of rotatable bonds is 6. The number of primary amides is 1. The number of nitrogens with two attached hydrogens (primary N) is 1. The van der Waals surface area contributed by atoms with Crippen LogP contribution in [0.15, 0.2) is 48.5 Å². The quantitative estimate of drug-likeness (QED) is 0.511. The number of nitrogens with zero attached hydrogens (tertiary/aromatic N) is 4. The van der Waals surface area contributed by atoms with Crippen LogP contribution in [-0.4, -0.2) is 73.2 Å². The molecule has 6 rings (SSSR count). The van der Waals surface area contributed by atoms with Gasteiger partial charge in [0.15, 0.2) is 15.5 Å². The number of carbonyl (C=O) groups is 2. The molecule has 2 aromatic carbocycles. The molecule has 11 heteroatoms. The van der Waals surface area contributed by atoms with Gasteiger partial charge in [-0.2, -0.15) is 5.10 Å². The van der Waals surface area contributed by atoms with E-state index in [0.29, 0.717) is 48.7 Å². The molecule has 0 atom stereocenters. The van der Waals surface area contributed by atoms with Gasteiger partial charge < -0.3 is 15.4 Å². The van der Waals surface area contributed by atoms with Crippen molar-refractivity contribution in [3.8, 4) is 11.4 Å². The molecule has 0 radical (unpaired) electrons. The molecule has 198 valence electrons. The van der Waals surface area contributed by atoms with Crippen molar-refractivity contribution in [2.45, 2.75) is 24.8 Å². The molecule has 3 aliphatic rings. The number of aromatic nitrogens is 2. The minimum absolute atomic E-state index is 0.110. The number of sulfone groups is 1. The summed E-state index contributed by atoms with van der Waals surface area (Å²) in [5.74, 6) is 0.147. The van der Waals surface area contributed by atoms with Gasteiger partial charge in [0.25, 0.3) is 11.8 Å². The summed E-state index contributed by atoms with van der Waals surface area (Å²) in [6.07, 6.45) is 2.44. The largest absolute Gasteiger partial charge is 0.497 e. The van der Waals surface area contributed by atoms with Crippen molar-refractivity contribution in [3.63, 3.8) is 0 Å². The average Bonchev–Trinajstić information content (AvgIpc) is 3.62. The van der Waals surface area contributed by atoms with E-state index in [0.717, 1.165) is 24.1 Å². The molecule has 1 aromatic heterocycles. The lowest BCUT2D eigenvalue weighted by atomic mass is 10.00. The van der Waals surface area contributed by atoms with E-state index in [9.17, 15) is 18.0 Å². The van der Waals surface area contributed by atoms with Gasteiger partial charge in [-0.3, -0.25) is 14.5 Å². The van der Waals surface area contributed by atoms with Gasteiger partial charge in [0.05, 0.1) is 24.3 Å². The topological polar surface area (TPSA) is 128 Å². The van der Waals surface area contributed by atoms with Gasteiger partial charge in [0.1, 0.15) is 11.4 Å². The van der Waals surface area contributed by atoms with Crippen molar-refractivity contribution in [2.75, 3.05) is 43.1 Å². The summed E-state index contributed by atoms with van der Waals surface area (Å²) in [6.45, 7) is 1.50. The van der Waals surface area contributed by atoms with Gasteiger partial charge in [0, 0.05) is 36.4 Å². The van der Waals surface area contributed by atoms with E-state index >= 15 is 0 Å². The summed E-state index contributed by atoms with van der Waals surface area (Å²) in [4.78, 5) is 29.9. The van der Waals surface area contributed by atoms with Gasteiger partial charge >= 0.3 is 0 Å². The maximum Gasteiger partial charge on any atom is 0.277 e. The minimum Gasteiger partial charge on any atom is -0.497 e. The van der Waals surface area contributed by atoms with Crippen molar-refractivity contribution in [3.05, 3.63) is 71.0 Å². The van der Waals surface area contributed by atoms with Gasteiger partial charge in [-0.05, 0) is 61.2 Å². The Morgan fingerprint density at radius 1 is 0.974 bits per heavy atom. The molecule has 1 saturated heterocycles. The summed E-state index contributed by atoms with van der Waals surface area (Å²) in [7, 11) is -1.37. The fourth-order valence-electron chi connectivity index (χ4n) is 5.71. The Hall–Kier alpha value is -3.70. The lowest BCUT2D eigenvalue weighted by molar-refractivity contribution is 0.0972. The fourth-order valence-corrected chi connectivity index (χ4v) is 6.91. The van der Waals surface area contributed by atoms with Crippen LogP contribution in [0.3, 0.4) is 0 Å². The second-order valence-corrected chi connectivity index (χ2v) is 12.4. The van der Waals surface area contributed by atoms with E-state index in [1.165, 1.54) is 4.68 Å². The first-order chi connectivity index (χ1) is 18.2. The third-order valence-corrected chi connectivity index (χ3v) is 9.57. The maximum atomic E-state index is 13.8. The van der Waals surface area contributed by atoms with Gasteiger partial charge in [-0.15, -0.1) is 0 Å². The Kier molecular flexibility index (Phi) is 5.80. The molecule has 3 aromatic rings. The highest BCUT2D eigenvalue weighted by molar-refractivity contribution is 7.91. The normalized spacial score (nSPS) is 20.1. The van der Waals surface area contributed by atoms with Crippen LogP contribution < -0.4 is 15.4 Å². The third-order valence-electron chi connectivity index (χ3n) is 7.96. The van der Waals surface area contributed by atoms with E-state index in [4.69, 9.17) is 10.5 Å². The summed E-state index contributed by atoms with van der Waals surface area (Å²) in [5, 5.41) is 4.42. The lowest BCUT2D eigenvalue weighted by Gasteiger charge is -2.35. The van der Waals surface area contributed by atoms with E-state index in [-0.39, 0.29) is 28.6 Å². The average molecular weight is 536 g/mol. The molecule has 2 aliphatic heterocycles. The number of amides is 2. The van der Waals surface area contributed by atoms with Crippen LogP contribution in [0.4, 0.5) is 5.69 Å². The second kappa shape index (κ2) is 8.95. The van der Waals surface area contributed by atoms with Crippen LogP contribution in [0.2, 0.25) is 0 Å². The number of ether oxygens (including phenoxy) is 1. The summed E-state index contributed by atoms with van der Waals surface area (Å²) < 4.78 is 30.5. The van der Waals surface area contributed by atoms with Crippen molar-refractivity contribution in [1.29, 1.82) is 0 Å². The van der Waals surface area contributed by atoms with Crippen molar-refractivity contribution < 1.29 is 22.7 Å². The molecule has 1 saturated carbocycles. The smallest absolute Gasteiger partial charge is 0.277 e. The first-order valence-electron chi connectivity index (χ1n) is 12.7. The van der Waals surface area contributed by atoms with Gasteiger partial charge in [0.2, 0.25) is 0 Å². The zero-order valence-corrected chi connectivity index (χ0v) is 21.9. The molecule has 0 bridgehead atoms. The number of hydrogen-bond acceptors (Lipinski definition) is 7. The predicted octanol–water partition coefficient (Wildman–Crippen LogP) is 1.90. The Labute approximate surface area is 220 Å². The first kappa shape index (κ1) is 24.6. The van der Waals surface area contributed by atoms with Crippen molar-refractivity contribution >= 4 is 27.3 Å². The van der Waals surface area contributed by atoms with Crippen molar-refractivity contribution in [1.82, 2.24) is 14.7 Å². The summed E-state index contributed by atoms with van der Waals surface area (Å²) in [5.41, 5.74) is 9.01. The SMILES string of the molecule is COc1ccc(-n2nc(C(N)=O)c3c2C(=O)N(c2ccc(C4(N5CCS(=O)(=O)CC5)CC4)cc2)CC3)cc1. The van der Waals surface area contributed by atoms with Crippen LogP contribution in [0, 0.1) is 0 Å². The zero-order valence-electron chi connectivity index (χ0n) is 21.1.